The van der Waals surface area contributed by atoms with Gasteiger partial charge in [0, 0.05) is 44.7 Å². The summed E-state index contributed by atoms with van der Waals surface area (Å²) in [5.74, 6) is 1.99. The van der Waals surface area contributed by atoms with Crippen LogP contribution < -0.4 is 0 Å². The Morgan fingerprint density at radius 3 is 2.90 bits per heavy atom. The summed E-state index contributed by atoms with van der Waals surface area (Å²) >= 11 is 1.76. The van der Waals surface area contributed by atoms with Crippen molar-refractivity contribution in [2.45, 2.75) is 25.2 Å². The van der Waals surface area contributed by atoms with Gasteiger partial charge in [-0.25, -0.2) is 9.78 Å². The van der Waals surface area contributed by atoms with Crippen LogP contribution in [0.3, 0.4) is 0 Å². The first-order chi connectivity index (χ1) is 9.52. The number of hydrogen-bond acceptors (Lipinski definition) is 4. The zero-order valence-corrected chi connectivity index (χ0v) is 13.4. The van der Waals surface area contributed by atoms with Crippen molar-refractivity contribution in [2.75, 3.05) is 19.8 Å². The Bertz CT molecular complexity index is 461. The van der Waals surface area contributed by atoms with Crippen LogP contribution in [0.5, 0.6) is 0 Å². The number of ether oxygens (including phenoxy) is 1. The van der Waals surface area contributed by atoms with Gasteiger partial charge in [0.25, 0.3) is 0 Å². The Balaban J connectivity index is 1.99. The van der Waals surface area contributed by atoms with Gasteiger partial charge >= 0.3 is 6.09 Å². The summed E-state index contributed by atoms with van der Waals surface area (Å²) in [6, 6.07) is 0. The van der Waals surface area contributed by atoms with Crippen molar-refractivity contribution < 1.29 is 9.53 Å². The van der Waals surface area contributed by atoms with E-state index in [1.165, 1.54) is 10.6 Å². The predicted molar refractivity (Wildman–Crippen MR) is 80.6 cm³/mol. The minimum atomic E-state index is -0.248. The second-order valence-electron chi connectivity index (χ2n) is 5.51. The Morgan fingerprint density at radius 1 is 1.60 bits per heavy atom. The molecule has 0 saturated carbocycles. The Hall–Kier alpha value is -1.17. The molecule has 0 aliphatic carbocycles. The smallest absolute Gasteiger partial charge is 0.410 e. The van der Waals surface area contributed by atoms with Crippen LogP contribution >= 0.6 is 11.8 Å². The van der Waals surface area contributed by atoms with Crippen molar-refractivity contribution in [2.24, 2.45) is 18.9 Å². The largest absolute Gasteiger partial charge is 0.435 e. The van der Waals surface area contributed by atoms with Crippen molar-refractivity contribution in [3.8, 4) is 0 Å². The SMILES string of the molecule is CC[C@@H]1[C@H](Cc2cncn2C)CS[C@H]1OC(=O)N(C)C. The number of nitrogens with zero attached hydrogens (tertiary/aromatic N) is 3. The molecule has 0 aromatic carbocycles. The van der Waals surface area contributed by atoms with E-state index in [2.05, 4.69) is 16.5 Å². The number of carbonyl (C=O) groups excluding carboxylic acids is 1. The Morgan fingerprint density at radius 2 is 2.35 bits per heavy atom. The van der Waals surface area contributed by atoms with E-state index in [1.54, 1.807) is 25.9 Å². The minimum Gasteiger partial charge on any atom is -0.435 e. The lowest BCUT2D eigenvalue weighted by Crippen LogP contribution is -2.30. The van der Waals surface area contributed by atoms with E-state index in [0.29, 0.717) is 11.8 Å². The summed E-state index contributed by atoms with van der Waals surface area (Å²) in [6.07, 6.45) is 5.54. The molecule has 0 unspecified atom stereocenters. The number of hydrogen-bond donors (Lipinski definition) is 0. The van der Waals surface area contributed by atoms with Gasteiger partial charge in [0.1, 0.15) is 0 Å². The van der Waals surface area contributed by atoms with Crippen LogP contribution in [0.2, 0.25) is 0 Å². The highest BCUT2D eigenvalue weighted by Crippen LogP contribution is 2.41. The van der Waals surface area contributed by atoms with Crippen molar-refractivity contribution in [1.82, 2.24) is 14.5 Å². The second kappa shape index (κ2) is 6.52. The summed E-state index contributed by atoms with van der Waals surface area (Å²) in [7, 11) is 5.46. The van der Waals surface area contributed by atoms with Crippen LogP contribution in [0.15, 0.2) is 12.5 Å². The van der Waals surface area contributed by atoms with Crippen molar-refractivity contribution >= 4 is 17.9 Å². The summed E-state index contributed by atoms with van der Waals surface area (Å²) in [6.45, 7) is 2.17. The van der Waals surface area contributed by atoms with Crippen LogP contribution in [0.1, 0.15) is 19.0 Å². The first-order valence-corrected chi connectivity index (χ1v) is 8.02. The van der Waals surface area contributed by atoms with E-state index in [-0.39, 0.29) is 11.5 Å². The molecular weight excluding hydrogens is 274 g/mol. The zero-order chi connectivity index (χ0) is 14.7. The van der Waals surface area contributed by atoms with Crippen LogP contribution in [0.25, 0.3) is 0 Å². The third-order valence-corrected chi connectivity index (χ3v) is 5.27. The molecule has 2 rings (SSSR count). The van der Waals surface area contributed by atoms with E-state index < -0.39 is 0 Å². The summed E-state index contributed by atoms with van der Waals surface area (Å²) in [4.78, 5) is 17.4. The van der Waals surface area contributed by atoms with E-state index in [9.17, 15) is 4.79 Å². The average molecular weight is 297 g/mol. The van der Waals surface area contributed by atoms with Crippen LogP contribution in [0.4, 0.5) is 4.79 Å². The summed E-state index contributed by atoms with van der Waals surface area (Å²) in [5.41, 5.74) is 1.22. The van der Waals surface area contributed by atoms with Crippen molar-refractivity contribution in [1.29, 1.82) is 0 Å². The first-order valence-electron chi connectivity index (χ1n) is 6.97. The highest BCUT2D eigenvalue weighted by atomic mass is 32.2. The number of imidazole rings is 1. The molecule has 1 amide bonds. The van der Waals surface area contributed by atoms with E-state index in [4.69, 9.17) is 4.74 Å². The molecule has 0 N–H and O–H groups in total. The molecule has 1 fully saturated rings. The van der Waals surface area contributed by atoms with Crippen molar-refractivity contribution in [3.05, 3.63) is 18.2 Å². The Labute approximate surface area is 124 Å². The lowest BCUT2D eigenvalue weighted by Gasteiger charge is -2.24. The molecular formula is C14H23N3O2S. The molecule has 20 heavy (non-hydrogen) atoms. The van der Waals surface area contributed by atoms with Gasteiger partial charge in [-0.1, -0.05) is 6.92 Å². The van der Waals surface area contributed by atoms with E-state index in [1.807, 2.05) is 19.6 Å². The lowest BCUT2D eigenvalue weighted by molar-refractivity contribution is 0.0785. The van der Waals surface area contributed by atoms with Gasteiger partial charge in [-0.15, -0.1) is 11.8 Å². The Kier molecular flexibility index (Phi) is 4.96. The highest BCUT2D eigenvalue weighted by Gasteiger charge is 2.38. The third kappa shape index (κ3) is 3.29. The maximum absolute atomic E-state index is 11.7. The number of amides is 1. The molecule has 6 heteroatoms. The summed E-state index contributed by atoms with van der Waals surface area (Å²) < 4.78 is 7.65. The fourth-order valence-corrected chi connectivity index (χ4v) is 4.21. The molecule has 0 radical (unpaired) electrons. The van der Waals surface area contributed by atoms with Gasteiger partial charge in [-0.3, -0.25) is 0 Å². The fraction of sp³-hybridized carbons (Fsp3) is 0.714. The summed E-state index contributed by atoms with van der Waals surface area (Å²) in [5, 5.41) is 0. The van der Waals surface area contributed by atoms with Gasteiger partial charge in [-0.2, -0.15) is 0 Å². The number of aryl methyl sites for hydroxylation is 1. The molecule has 0 spiro atoms. The van der Waals surface area contributed by atoms with Gasteiger partial charge in [0.15, 0.2) is 5.44 Å². The van der Waals surface area contributed by atoms with E-state index >= 15 is 0 Å². The van der Waals surface area contributed by atoms with Crippen LogP contribution in [-0.4, -0.2) is 45.8 Å². The number of rotatable bonds is 4. The predicted octanol–water partition coefficient (Wildman–Crippen LogP) is 2.38. The molecule has 1 aliphatic heterocycles. The van der Waals surface area contributed by atoms with Crippen LogP contribution in [0, 0.1) is 11.8 Å². The normalized spacial score (nSPS) is 25.7. The molecule has 1 aromatic heterocycles. The highest BCUT2D eigenvalue weighted by molar-refractivity contribution is 8.00. The van der Waals surface area contributed by atoms with Gasteiger partial charge < -0.3 is 14.2 Å². The first kappa shape index (κ1) is 15.2. The maximum Gasteiger partial charge on any atom is 0.410 e. The van der Waals surface area contributed by atoms with Crippen molar-refractivity contribution in [3.63, 3.8) is 0 Å². The maximum atomic E-state index is 11.7. The number of aromatic nitrogens is 2. The topological polar surface area (TPSA) is 47.4 Å². The second-order valence-corrected chi connectivity index (χ2v) is 6.64. The number of thioether (sulfide) groups is 1. The molecule has 3 atom stereocenters. The number of carbonyl (C=O) groups is 1. The molecule has 1 aromatic rings. The molecule has 0 bridgehead atoms. The quantitative estimate of drug-likeness (QED) is 0.856. The molecule has 112 valence electrons. The fourth-order valence-electron chi connectivity index (χ4n) is 2.60. The van der Waals surface area contributed by atoms with Gasteiger partial charge in [-0.05, 0) is 18.8 Å². The van der Waals surface area contributed by atoms with Gasteiger partial charge in [0.05, 0.1) is 6.33 Å². The minimum absolute atomic E-state index is 0.0203. The lowest BCUT2D eigenvalue weighted by atomic mass is 9.89. The average Bonchev–Trinajstić information content (AvgIpc) is 2.97. The standard InChI is InChI=1S/C14H23N3O2S/c1-5-12-10(6-11-7-15-9-17(11)4)8-20-13(12)19-14(18)16(2)3/h7,9-10,12-13H,5-6,8H2,1-4H3/t10-,12-,13-/m1/s1. The van der Waals surface area contributed by atoms with E-state index in [0.717, 1.165) is 18.6 Å². The molecule has 5 nitrogen and oxygen atoms in total. The monoisotopic (exact) mass is 297 g/mol. The third-order valence-electron chi connectivity index (χ3n) is 3.87. The van der Waals surface area contributed by atoms with Gasteiger partial charge in [0.2, 0.25) is 0 Å². The van der Waals surface area contributed by atoms with Crippen LogP contribution in [-0.2, 0) is 18.2 Å². The zero-order valence-electron chi connectivity index (χ0n) is 12.6. The molecule has 2 heterocycles. The molecule has 1 aliphatic rings. The molecule has 1 saturated heterocycles.